The van der Waals surface area contributed by atoms with E-state index in [0.717, 1.165) is 26.2 Å². The molecule has 2 aromatic rings. The number of rotatable bonds is 3. The zero-order valence-corrected chi connectivity index (χ0v) is 11.6. The Morgan fingerprint density at radius 3 is 2.55 bits per heavy atom. The number of benzene rings is 1. The van der Waals surface area contributed by atoms with Crippen LogP contribution in [0.25, 0.3) is 0 Å². The molecule has 0 aliphatic carbocycles. The number of hydrogen-bond acceptors (Lipinski definition) is 6. The highest BCUT2D eigenvalue weighted by atomic mass is 16.4. The Hall–Kier alpha value is -2.08. The molecule has 0 spiro atoms. The largest absolute Gasteiger partial charge is 0.407 e. The van der Waals surface area contributed by atoms with Gasteiger partial charge in [-0.3, -0.25) is 0 Å². The molecule has 20 heavy (non-hydrogen) atoms. The molecule has 106 valence electrons. The van der Waals surface area contributed by atoms with Gasteiger partial charge in [-0.05, 0) is 24.6 Å². The number of nitrogens with two attached hydrogens (primary N) is 1. The smallest absolute Gasteiger partial charge is 0.318 e. The van der Waals surface area contributed by atoms with Crippen LogP contribution in [0.4, 0.5) is 11.7 Å². The van der Waals surface area contributed by atoms with Crippen LogP contribution in [0.5, 0.6) is 0 Å². The van der Waals surface area contributed by atoms with Gasteiger partial charge in [0, 0.05) is 31.9 Å². The van der Waals surface area contributed by atoms with E-state index in [0.29, 0.717) is 11.9 Å². The van der Waals surface area contributed by atoms with E-state index >= 15 is 0 Å². The Labute approximate surface area is 118 Å². The SMILES string of the molecule is Cc1cccc(N2CCN(c3nnc(CN)o3)CC2)c1. The number of piperazine rings is 1. The minimum Gasteiger partial charge on any atom is -0.407 e. The lowest BCUT2D eigenvalue weighted by atomic mass is 10.2. The zero-order chi connectivity index (χ0) is 13.9. The van der Waals surface area contributed by atoms with Gasteiger partial charge in [-0.1, -0.05) is 17.2 Å². The fourth-order valence-corrected chi connectivity index (χ4v) is 2.44. The zero-order valence-electron chi connectivity index (χ0n) is 11.6. The number of anilines is 2. The monoisotopic (exact) mass is 273 g/mol. The summed E-state index contributed by atoms with van der Waals surface area (Å²) >= 11 is 0. The van der Waals surface area contributed by atoms with Gasteiger partial charge in [-0.25, -0.2) is 0 Å². The van der Waals surface area contributed by atoms with Crippen LogP contribution < -0.4 is 15.5 Å². The summed E-state index contributed by atoms with van der Waals surface area (Å²) < 4.78 is 5.49. The summed E-state index contributed by atoms with van der Waals surface area (Å²) in [5, 5.41) is 7.94. The van der Waals surface area contributed by atoms with Crippen molar-refractivity contribution in [2.24, 2.45) is 5.73 Å². The molecule has 1 aliphatic rings. The van der Waals surface area contributed by atoms with Crippen LogP contribution in [-0.2, 0) is 6.54 Å². The summed E-state index contributed by atoms with van der Waals surface area (Å²) in [5.41, 5.74) is 8.04. The summed E-state index contributed by atoms with van der Waals surface area (Å²) in [4.78, 5) is 4.49. The van der Waals surface area contributed by atoms with Crippen molar-refractivity contribution in [3.8, 4) is 0 Å². The average Bonchev–Trinajstić information content (AvgIpc) is 2.96. The molecule has 3 rings (SSSR count). The number of hydrogen-bond donors (Lipinski definition) is 1. The van der Waals surface area contributed by atoms with E-state index in [-0.39, 0.29) is 6.54 Å². The van der Waals surface area contributed by atoms with Crippen molar-refractivity contribution in [2.75, 3.05) is 36.0 Å². The first kappa shape index (κ1) is 12.9. The van der Waals surface area contributed by atoms with E-state index in [1.807, 2.05) is 0 Å². The van der Waals surface area contributed by atoms with Crippen LogP contribution in [0, 0.1) is 6.92 Å². The van der Waals surface area contributed by atoms with Crippen molar-refractivity contribution in [2.45, 2.75) is 13.5 Å². The molecule has 1 fully saturated rings. The molecule has 1 aromatic heterocycles. The van der Waals surface area contributed by atoms with Gasteiger partial charge in [0.25, 0.3) is 0 Å². The fraction of sp³-hybridized carbons (Fsp3) is 0.429. The van der Waals surface area contributed by atoms with Crippen LogP contribution in [0.2, 0.25) is 0 Å². The predicted octanol–water partition coefficient (Wildman–Crippen LogP) is 1.16. The molecule has 1 aliphatic heterocycles. The molecule has 0 atom stereocenters. The minimum atomic E-state index is 0.288. The van der Waals surface area contributed by atoms with Crippen LogP contribution in [0.1, 0.15) is 11.5 Å². The molecule has 0 amide bonds. The molecular weight excluding hydrogens is 254 g/mol. The normalized spacial score (nSPS) is 15.7. The van der Waals surface area contributed by atoms with E-state index in [4.69, 9.17) is 10.2 Å². The minimum absolute atomic E-state index is 0.288. The van der Waals surface area contributed by atoms with Gasteiger partial charge in [0.1, 0.15) is 0 Å². The summed E-state index contributed by atoms with van der Waals surface area (Å²) in [6.45, 7) is 6.05. The van der Waals surface area contributed by atoms with E-state index in [2.05, 4.69) is 51.2 Å². The van der Waals surface area contributed by atoms with Crippen molar-refractivity contribution in [1.82, 2.24) is 10.2 Å². The van der Waals surface area contributed by atoms with Gasteiger partial charge in [-0.15, -0.1) is 5.10 Å². The summed E-state index contributed by atoms with van der Waals surface area (Å²) in [7, 11) is 0. The number of aryl methyl sites for hydroxylation is 1. The quantitative estimate of drug-likeness (QED) is 0.905. The van der Waals surface area contributed by atoms with E-state index in [1.165, 1.54) is 11.3 Å². The molecule has 1 saturated heterocycles. The number of nitrogens with zero attached hydrogens (tertiary/aromatic N) is 4. The molecule has 0 unspecified atom stereocenters. The van der Waals surface area contributed by atoms with Crippen LogP contribution >= 0.6 is 0 Å². The Kier molecular flexibility index (Phi) is 3.56. The van der Waals surface area contributed by atoms with Gasteiger partial charge in [0.05, 0.1) is 6.54 Å². The maximum Gasteiger partial charge on any atom is 0.318 e. The fourth-order valence-electron chi connectivity index (χ4n) is 2.44. The summed E-state index contributed by atoms with van der Waals surface area (Å²) in [5.74, 6) is 0.487. The van der Waals surface area contributed by atoms with Crippen molar-refractivity contribution < 1.29 is 4.42 Å². The van der Waals surface area contributed by atoms with Crippen molar-refractivity contribution >= 4 is 11.7 Å². The Morgan fingerprint density at radius 1 is 1.15 bits per heavy atom. The third-order valence-corrected chi connectivity index (χ3v) is 3.55. The van der Waals surface area contributed by atoms with Gasteiger partial charge in [0.15, 0.2) is 0 Å². The van der Waals surface area contributed by atoms with Crippen molar-refractivity contribution in [3.63, 3.8) is 0 Å². The molecule has 2 N–H and O–H groups in total. The first-order valence-corrected chi connectivity index (χ1v) is 6.85. The van der Waals surface area contributed by atoms with Crippen LogP contribution in [-0.4, -0.2) is 36.4 Å². The van der Waals surface area contributed by atoms with Crippen molar-refractivity contribution in [3.05, 3.63) is 35.7 Å². The van der Waals surface area contributed by atoms with Gasteiger partial charge in [-0.2, -0.15) is 0 Å². The number of aromatic nitrogens is 2. The van der Waals surface area contributed by atoms with Crippen LogP contribution in [0.15, 0.2) is 28.7 Å². The Morgan fingerprint density at radius 2 is 1.90 bits per heavy atom. The third-order valence-electron chi connectivity index (χ3n) is 3.55. The van der Waals surface area contributed by atoms with Gasteiger partial charge in [0.2, 0.25) is 5.89 Å². The molecule has 0 radical (unpaired) electrons. The molecule has 0 bridgehead atoms. The molecule has 1 aromatic carbocycles. The second kappa shape index (κ2) is 5.50. The highest BCUT2D eigenvalue weighted by Gasteiger charge is 2.21. The lowest BCUT2D eigenvalue weighted by Crippen LogP contribution is -2.46. The van der Waals surface area contributed by atoms with Gasteiger partial charge < -0.3 is 20.0 Å². The Bertz CT molecular complexity index is 574. The average molecular weight is 273 g/mol. The maximum atomic E-state index is 5.49. The molecule has 0 saturated carbocycles. The van der Waals surface area contributed by atoms with E-state index in [1.54, 1.807) is 0 Å². The topological polar surface area (TPSA) is 71.4 Å². The maximum absolute atomic E-state index is 5.49. The molecule has 2 heterocycles. The second-order valence-electron chi connectivity index (χ2n) is 5.00. The first-order chi connectivity index (χ1) is 9.76. The van der Waals surface area contributed by atoms with Gasteiger partial charge >= 0.3 is 6.01 Å². The van der Waals surface area contributed by atoms with Crippen LogP contribution in [0.3, 0.4) is 0 Å². The molecule has 6 heteroatoms. The highest BCUT2D eigenvalue weighted by Crippen LogP contribution is 2.20. The standard InChI is InChI=1S/C14H19N5O/c1-11-3-2-4-12(9-11)18-5-7-19(8-6-18)14-17-16-13(10-15)20-14/h2-4,9H,5-8,10,15H2,1H3. The third kappa shape index (κ3) is 2.60. The van der Waals surface area contributed by atoms with Crippen molar-refractivity contribution in [1.29, 1.82) is 0 Å². The lowest BCUT2D eigenvalue weighted by molar-refractivity contribution is 0.476. The second-order valence-corrected chi connectivity index (χ2v) is 5.00. The lowest BCUT2D eigenvalue weighted by Gasteiger charge is -2.35. The Balaban J connectivity index is 1.64. The molecular formula is C14H19N5O. The first-order valence-electron chi connectivity index (χ1n) is 6.85. The molecule has 6 nitrogen and oxygen atoms in total. The van der Waals surface area contributed by atoms with E-state index in [9.17, 15) is 0 Å². The van der Waals surface area contributed by atoms with E-state index < -0.39 is 0 Å². The highest BCUT2D eigenvalue weighted by molar-refractivity contribution is 5.50. The summed E-state index contributed by atoms with van der Waals surface area (Å²) in [6, 6.07) is 9.17. The summed E-state index contributed by atoms with van der Waals surface area (Å²) in [6.07, 6.45) is 0. The predicted molar refractivity (Wildman–Crippen MR) is 77.8 cm³/mol.